The van der Waals surface area contributed by atoms with E-state index in [-0.39, 0.29) is 5.56 Å². The first-order chi connectivity index (χ1) is 9.87. The predicted octanol–water partition coefficient (Wildman–Crippen LogP) is 4.19. The third-order valence-electron chi connectivity index (χ3n) is 3.52. The molecule has 1 aromatic carbocycles. The van der Waals surface area contributed by atoms with Crippen LogP contribution in [0.3, 0.4) is 0 Å². The molecule has 1 aliphatic heterocycles. The molecule has 0 fully saturated rings. The maximum atomic E-state index is 12.1. The van der Waals surface area contributed by atoms with Gasteiger partial charge >= 0.3 is 0 Å². The molecule has 1 N–H and O–H groups in total. The van der Waals surface area contributed by atoms with Gasteiger partial charge in [-0.2, -0.15) is 0 Å². The fourth-order valence-corrected chi connectivity index (χ4v) is 2.66. The molecule has 0 amide bonds. The van der Waals surface area contributed by atoms with E-state index in [9.17, 15) is 4.79 Å². The number of nitrogens with one attached hydrogen (secondary N) is 1. The summed E-state index contributed by atoms with van der Waals surface area (Å²) in [6.45, 7) is 5.91. The van der Waals surface area contributed by atoms with Gasteiger partial charge in [-0.05, 0) is 38.5 Å². The first-order valence-corrected chi connectivity index (χ1v) is 7.16. The standard InChI is InChI=1S/C17H16ClNO2/c1-10-4-6-11(7-5-10)13-14-12(16(20)19-15(13)18)8-9-17(2,3)21-14/h4-9H,1-3H3,(H,19,20). The summed E-state index contributed by atoms with van der Waals surface area (Å²) in [4.78, 5) is 14.7. The molecule has 2 aromatic rings. The van der Waals surface area contributed by atoms with Gasteiger partial charge < -0.3 is 9.72 Å². The maximum Gasteiger partial charge on any atom is 0.260 e. The predicted molar refractivity (Wildman–Crippen MR) is 86.0 cm³/mol. The van der Waals surface area contributed by atoms with Crippen LogP contribution in [0.25, 0.3) is 17.2 Å². The van der Waals surface area contributed by atoms with Crippen molar-refractivity contribution in [1.29, 1.82) is 0 Å². The van der Waals surface area contributed by atoms with E-state index in [1.165, 1.54) is 0 Å². The second kappa shape index (κ2) is 4.78. The van der Waals surface area contributed by atoms with Crippen LogP contribution < -0.4 is 10.3 Å². The van der Waals surface area contributed by atoms with Gasteiger partial charge in [0.15, 0.2) is 0 Å². The molecule has 0 spiro atoms. The van der Waals surface area contributed by atoms with E-state index in [0.29, 0.717) is 16.5 Å². The van der Waals surface area contributed by atoms with Crippen molar-refractivity contribution in [2.45, 2.75) is 26.4 Å². The average Bonchev–Trinajstić information content (AvgIpc) is 2.39. The average molecular weight is 302 g/mol. The number of aryl methyl sites for hydroxylation is 1. The van der Waals surface area contributed by atoms with Gasteiger partial charge in [0.05, 0.1) is 11.1 Å². The molecule has 4 heteroatoms. The zero-order chi connectivity index (χ0) is 15.2. The van der Waals surface area contributed by atoms with E-state index < -0.39 is 5.60 Å². The molecule has 0 bridgehead atoms. The van der Waals surface area contributed by atoms with Gasteiger partial charge in [0.1, 0.15) is 16.5 Å². The number of hydrogen-bond donors (Lipinski definition) is 1. The molecular weight excluding hydrogens is 286 g/mol. The molecule has 1 aliphatic rings. The Morgan fingerprint density at radius 2 is 1.86 bits per heavy atom. The molecule has 0 atom stereocenters. The molecule has 108 valence electrons. The number of benzene rings is 1. The van der Waals surface area contributed by atoms with E-state index in [2.05, 4.69) is 4.98 Å². The van der Waals surface area contributed by atoms with Gasteiger partial charge in [-0.1, -0.05) is 41.4 Å². The van der Waals surface area contributed by atoms with Crippen molar-refractivity contribution >= 4 is 17.7 Å². The molecule has 0 radical (unpaired) electrons. The van der Waals surface area contributed by atoms with Crippen molar-refractivity contribution in [2.75, 3.05) is 0 Å². The van der Waals surface area contributed by atoms with Crippen molar-refractivity contribution in [1.82, 2.24) is 4.98 Å². The Labute approximate surface area is 128 Å². The number of aromatic nitrogens is 1. The van der Waals surface area contributed by atoms with Gasteiger partial charge in [-0.15, -0.1) is 0 Å². The fraction of sp³-hybridized carbons (Fsp3) is 0.235. The lowest BCUT2D eigenvalue weighted by atomic mass is 9.98. The summed E-state index contributed by atoms with van der Waals surface area (Å²) in [5, 5.41) is 0.300. The number of aromatic amines is 1. The topological polar surface area (TPSA) is 42.1 Å². The quantitative estimate of drug-likeness (QED) is 0.803. The number of ether oxygens (including phenoxy) is 1. The Kier molecular flexibility index (Phi) is 3.18. The van der Waals surface area contributed by atoms with Crippen LogP contribution in [0.15, 0.2) is 35.1 Å². The highest BCUT2D eigenvalue weighted by Crippen LogP contribution is 2.41. The molecule has 1 aromatic heterocycles. The van der Waals surface area contributed by atoms with Crippen molar-refractivity contribution in [3.8, 4) is 16.9 Å². The molecule has 21 heavy (non-hydrogen) atoms. The molecule has 2 heterocycles. The summed E-state index contributed by atoms with van der Waals surface area (Å²) in [5.74, 6) is 0.542. The normalized spacial score (nSPS) is 15.4. The van der Waals surface area contributed by atoms with E-state index in [4.69, 9.17) is 16.3 Å². The Balaban J connectivity index is 2.29. The number of H-pyrrole nitrogens is 1. The number of rotatable bonds is 1. The minimum Gasteiger partial charge on any atom is -0.482 e. The lowest BCUT2D eigenvalue weighted by Crippen LogP contribution is -2.30. The summed E-state index contributed by atoms with van der Waals surface area (Å²) in [5.41, 5.74) is 2.61. The van der Waals surface area contributed by atoms with Crippen LogP contribution in [0.5, 0.6) is 5.75 Å². The van der Waals surface area contributed by atoms with Crippen LogP contribution in [0.4, 0.5) is 0 Å². The van der Waals surface area contributed by atoms with Crippen LogP contribution in [0.2, 0.25) is 5.15 Å². The first-order valence-electron chi connectivity index (χ1n) is 6.78. The van der Waals surface area contributed by atoms with E-state index >= 15 is 0 Å². The minimum atomic E-state index is -0.469. The molecule has 0 aliphatic carbocycles. The lowest BCUT2D eigenvalue weighted by molar-refractivity contribution is 0.159. The van der Waals surface area contributed by atoms with Crippen molar-refractivity contribution in [3.63, 3.8) is 0 Å². The van der Waals surface area contributed by atoms with Crippen LogP contribution in [-0.4, -0.2) is 10.6 Å². The third-order valence-corrected chi connectivity index (χ3v) is 3.80. The summed E-state index contributed by atoms with van der Waals surface area (Å²) in [6.07, 6.45) is 3.67. The maximum absolute atomic E-state index is 12.1. The van der Waals surface area contributed by atoms with E-state index in [0.717, 1.165) is 16.7 Å². The fourth-order valence-electron chi connectivity index (χ4n) is 2.38. The minimum absolute atomic E-state index is 0.238. The second-order valence-electron chi connectivity index (χ2n) is 5.79. The van der Waals surface area contributed by atoms with Crippen LogP contribution >= 0.6 is 11.6 Å². The second-order valence-corrected chi connectivity index (χ2v) is 6.17. The Morgan fingerprint density at radius 3 is 2.52 bits per heavy atom. The van der Waals surface area contributed by atoms with Crippen molar-refractivity contribution in [3.05, 3.63) is 57.0 Å². The molecule has 3 nitrogen and oxygen atoms in total. The molecule has 0 saturated carbocycles. The number of fused-ring (bicyclic) bond motifs is 1. The molecule has 0 saturated heterocycles. The monoisotopic (exact) mass is 301 g/mol. The van der Waals surface area contributed by atoms with Gasteiger partial charge in [0.2, 0.25) is 0 Å². The summed E-state index contributed by atoms with van der Waals surface area (Å²) in [6, 6.07) is 7.97. The highest BCUT2D eigenvalue weighted by Gasteiger charge is 2.27. The summed E-state index contributed by atoms with van der Waals surface area (Å²) in [7, 11) is 0. The number of hydrogen-bond acceptors (Lipinski definition) is 2. The zero-order valence-corrected chi connectivity index (χ0v) is 12.9. The Hall–Kier alpha value is -2.00. The highest BCUT2D eigenvalue weighted by atomic mass is 35.5. The third kappa shape index (κ3) is 2.49. The van der Waals surface area contributed by atoms with Crippen LogP contribution in [-0.2, 0) is 0 Å². The Morgan fingerprint density at radius 1 is 1.19 bits per heavy atom. The van der Waals surface area contributed by atoms with Gasteiger partial charge in [0.25, 0.3) is 5.56 Å². The summed E-state index contributed by atoms with van der Waals surface area (Å²) >= 11 is 6.27. The Bertz CT molecular complexity index is 786. The van der Waals surface area contributed by atoms with Crippen LogP contribution in [0.1, 0.15) is 25.0 Å². The van der Waals surface area contributed by atoms with Crippen molar-refractivity contribution in [2.24, 2.45) is 0 Å². The highest BCUT2D eigenvalue weighted by molar-refractivity contribution is 6.32. The van der Waals surface area contributed by atoms with Crippen LogP contribution in [0, 0.1) is 6.92 Å². The van der Waals surface area contributed by atoms with Gasteiger partial charge in [-0.25, -0.2) is 0 Å². The van der Waals surface area contributed by atoms with E-state index in [1.54, 1.807) is 6.08 Å². The van der Waals surface area contributed by atoms with E-state index in [1.807, 2.05) is 51.1 Å². The number of halogens is 1. The van der Waals surface area contributed by atoms with Crippen molar-refractivity contribution < 1.29 is 4.74 Å². The molecule has 0 unspecified atom stereocenters. The van der Waals surface area contributed by atoms with Gasteiger partial charge in [0, 0.05) is 0 Å². The van der Waals surface area contributed by atoms with Gasteiger partial charge in [-0.3, -0.25) is 4.79 Å². The smallest absolute Gasteiger partial charge is 0.260 e. The molecule has 3 rings (SSSR count). The lowest BCUT2D eigenvalue weighted by Gasteiger charge is -2.29. The largest absolute Gasteiger partial charge is 0.482 e. The SMILES string of the molecule is Cc1ccc(-c2c(Cl)[nH]c(=O)c3c2OC(C)(C)C=C3)cc1. The molecular formula is C17H16ClNO2. The summed E-state index contributed by atoms with van der Waals surface area (Å²) < 4.78 is 6.01. The first kappa shape index (κ1) is 14.0. The number of pyridine rings is 1. The zero-order valence-electron chi connectivity index (χ0n) is 12.2.